The molecule has 0 aromatic carbocycles. The second-order valence-electron chi connectivity index (χ2n) is 2.50. The van der Waals surface area contributed by atoms with E-state index in [9.17, 15) is 19.2 Å². The van der Waals surface area contributed by atoms with E-state index in [1.807, 2.05) is 0 Å². The average Bonchev–Trinajstić information content (AvgIpc) is 2.02. The van der Waals surface area contributed by atoms with Crippen molar-refractivity contribution in [2.75, 3.05) is 0 Å². The molecule has 6 heteroatoms. The molecule has 0 saturated carbocycles. The number of carbonyl (C=O) groups is 4. The van der Waals surface area contributed by atoms with Crippen LogP contribution in [0.5, 0.6) is 0 Å². The maximum absolute atomic E-state index is 10.7. The Morgan fingerprint density at radius 1 is 1.08 bits per heavy atom. The number of aliphatic carboxylic acids is 2. The monoisotopic (exact) mass is 188 g/mol. The molecule has 0 heterocycles. The summed E-state index contributed by atoms with van der Waals surface area (Å²) in [7, 11) is 0. The van der Waals surface area contributed by atoms with Crippen LogP contribution >= 0.6 is 0 Å². The van der Waals surface area contributed by atoms with Crippen molar-refractivity contribution in [2.24, 2.45) is 5.92 Å². The summed E-state index contributed by atoms with van der Waals surface area (Å²) in [5.74, 6) is -6.74. The highest BCUT2D eigenvalue weighted by Gasteiger charge is 2.25. The Balaban J connectivity index is 4.23. The van der Waals surface area contributed by atoms with Gasteiger partial charge >= 0.3 is 11.9 Å². The SMILES string of the molecule is CC(CC(=O)C(=O)O)C(=O)C(=O)O. The summed E-state index contributed by atoms with van der Waals surface area (Å²) in [5.41, 5.74) is 0. The van der Waals surface area contributed by atoms with E-state index in [2.05, 4.69) is 0 Å². The van der Waals surface area contributed by atoms with Crippen molar-refractivity contribution in [3.05, 3.63) is 0 Å². The first-order chi connectivity index (χ1) is 5.86. The fourth-order valence-electron chi connectivity index (χ4n) is 0.669. The molecule has 6 nitrogen and oxygen atoms in total. The van der Waals surface area contributed by atoms with Gasteiger partial charge in [0.05, 0.1) is 0 Å². The summed E-state index contributed by atoms with van der Waals surface area (Å²) < 4.78 is 0. The lowest BCUT2D eigenvalue weighted by Crippen LogP contribution is -2.25. The Hall–Kier alpha value is -1.72. The number of Topliss-reactive ketones (excluding diaryl/α,β-unsaturated/α-hetero) is 2. The fraction of sp³-hybridized carbons (Fsp3) is 0.429. The van der Waals surface area contributed by atoms with E-state index in [0.717, 1.165) is 0 Å². The Kier molecular flexibility index (Phi) is 3.77. The van der Waals surface area contributed by atoms with Crippen LogP contribution in [-0.2, 0) is 19.2 Å². The first-order valence-corrected chi connectivity index (χ1v) is 3.39. The summed E-state index contributed by atoms with van der Waals surface area (Å²) in [6, 6.07) is 0. The van der Waals surface area contributed by atoms with Crippen molar-refractivity contribution in [1.29, 1.82) is 0 Å². The van der Waals surface area contributed by atoms with E-state index in [-0.39, 0.29) is 0 Å². The Morgan fingerprint density at radius 2 is 1.54 bits per heavy atom. The molecular weight excluding hydrogens is 180 g/mol. The molecule has 1 atom stereocenters. The Morgan fingerprint density at radius 3 is 1.85 bits per heavy atom. The second-order valence-corrected chi connectivity index (χ2v) is 2.50. The lowest BCUT2D eigenvalue weighted by molar-refractivity contribution is -0.153. The number of ketones is 2. The minimum absolute atomic E-state index is 0.583. The first-order valence-electron chi connectivity index (χ1n) is 3.39. The van der Waals surface area contributed by atoms with E-state index in [1.54, 1.807) is 0 Å². The minimum atomic E-state index is -1.66. The average molecular weight is 188 g/mol. The lowest BCUT2D eigenvalue weighted by Gasteiger charge is -2.02. The number of hydrogen-bond acceptors (Lipinski definition) is 4. The molecule has 0 saturated heterocycles. The van der Waals surface area contributed by atoms with Crippen molar-refractivity contribution in [2.45, 2.75) is 13.3 Å². The van der Waals surface area contributed by atoms with Gasteiger partial charge in [-0.2, -0.15) is 0 Å². The van der Waals surface area contributed by atoms with E-state index < -0.39 is 35.8 Å². The van der Waals surface area contributed by atoms with Gasteiger partial charge in [0.2, 0.25) is 11.6 Å². The van der Waals surface area contributed by atoms with Gasteiger partial charge in [-0.1, -0.05) is 6.92 Å². The number of carboxylic acids is 2. The molecule has 72 valence electrons. The predicted octanol–water partition coefficient (Wildman–Crippen LogP) is -0.680. The smallest absolute Gasteiger partial charge is 0.372 e. The highest BCUT2D eigenvalue weighted by atomic mass is 16.4. The molecule has 0 aromatic heterocycles. The van der Waals surface area contributed by atoms with Crippen molar-refractivity contribution >= 4 is 23.5 Å². The molecule has 1 unspecified atom stereocenters. The normalized spacial score (nSPS) is 11.8. The molecule has 13 heavy (non-hydrogen) atoms. The van der Waals surface area contributed by atoms with E-state index in [4.69, 9.17) is 10.2 Å². The molecule has 0 aliphatic heterocycles. The van der Waals surface area contributed by atoms with Gasteiger partial charge in [-0.05, 0) is 0 Å². The van der Waals surface area contributed by atoms with Crippen LogP contribution in [0.25, 0.3) is 0 Å². The van der Waals surface area contributed by atoms with E-state index in [0.29, 0.717) is 0 Å². The van der Waals surface area contributed by atoms with Crippen LogP contribution in [0.4, 0.5) is 0 Å². The van der Waals surface area contributed by atoms with Gasteiger partial charge < -0.3 is 10.2 Å². The standard InChI is InChI=1S/C7H8O6/c1-3(5(9)7(12)13)2-4(8)6(10)11/h3H,2H2,1H3,(H,10,11)(H,12,13). The molecule has 0 rings (SSSR count). The van der Waals surface area contributed by atoms with Crippen LogP contribution in [0.1, 0.15) is 13.3 Å². The Bertz CT molecular complexity index is 266. The molecular formula is C7H8O6. The van der Waals surface area contributed by atoms with Crippen LogP contribution in [-0.4, -0.2) is 33.7 Å². The van der Waals surface area contributed by atoms with Crippen molar-refractivity contribution in [3.8, 4) is 0 Å². The topological polar surface area (TPSA) is 109 Å². The maximum atomic E-state index is 10.7. The largest absolute Gasteiger partial charge is 0.476 e. The van der Waals surface area contributed by atoms with Crippen molar-refractivity contribution in [1.82, 2.24) is 0 Å². The summed E-state index contributed by atoms with van der Waals surface area (Å²) in [4.78, 5) is 41.3. The molecule has 2 N–H and O–H groups in total. The van der Waals surface area contributed by atoms with Gasteiger partial charge in [-0.15, -0.1) is 0 Å². The van der Waals surface area contributed by atoms with Crippen LogP contribution in [0.2, 0.25) is 0 Å². The molecule has 0 amide bonds. The summed E-state index contributed by atoms with van der Waals surface area (Å²) in [5, 5.41) is 16.3. The highest BCUT2D eigenvalue weighted by molar-refractivity contribution is 6.37. The van der Waals surface area contributed by atoms with Crippen molar-refractivity contribution < 1.29 is 29.4 Å². The van der Waals surface area contributed by atoms with Gasteiger partial charge in [0.15, 0.2) is 0 Å². The van der Waals surface area contributed by atoms with Gasteiger partial charge in [0.25, 0.3) is 0 Å². The zero-order chi connectivity index (χ0) is 10.6. The lowest BCUT2D eigenvalue weighted by atomic mass is 10.00. The molecule has 0 aliphatic rings. The third-order valence-electron chi connectivity index (χ3n) is 1.39. The predicted molar refractivity (Wildman–Crippen MR) is 39.1 cm³/mol. The highest BCUT2D eigenvalue weighted by Crippen LogP contribution is 2.04. The van der Waals surface area contributed by atoms with Crippen molar-refractivity contribution in [3.63, 3.8) is 0 Å². The first kappa shape index (κ1) is 11.3. The minimum Gasteiger partial charge on any atom is -0.476 e. The molecule has 0 spiro atoms. The Labute approximate surface area is 73.2 Å². The molecule has 0 fully saturated rings. The quantitative estimate of drug-likeness (QED) is 0.553. The van der Waals surface area contributed by atoms with Gasteiger partial charge in [-0.3, -0.25) is 9.59 Å². The van der Waals surface area contributed by atoms with Crippen LogP contribution < -0.4 is 0 Å². The van der Waals surface area contributed by atoms with Crippen LogP contribution in [0, 0.1) is 5.92 Å². The summed E-state index contributed by atoms with van der Waals surface area (Å²) >= 11 is 0. The zero-order valence-corrected chi connectivity index (χ0v) is 6.81. The third kappa shape index (κ3) is 3.46. The van der Waals surface area contributed by atoms with Crippen LogP contribution in [0.3, 0.4) is 0 Å². The summed E-state index contributed by atoms with van der Waals surface area (Å²) in [6.07, 6.45) is -0.583. The fourth-order valence-corrected chi connectivity index (χ4v) is 0.669. The van der Waals surface area contributed by atoms with Gasteiger partial charge in [0, 0.05) is 12.3 Å². The summed E-state index contributed by atoms with van der Waals surface area (Å²) in [6.45, 7) is 1.19. The van der Waals surface area contributed by atoms with E-state index in [1.165, 1.54) is 6.92 Å². The number of carbonyl (C=O) groups excluding carboxylic acids is 2. The molecule has 0 bridgehead atoms. The second kappa shape index (κ2) is 4.34. The maximum Gasteiger partial charge on any atom is 0.372 e. The number of hydrogen-bond donors (Lipinski definition) is 2. The number of carboxylic acid groups (broad SMARTS) is 2. The van der Waals surface area contributed by atoms with Gasteiger partial charge in [0.1, 0.15) is 0 Å². The third-order valence-corrected chi connectivity index (χ3v) is 1.39. The zero-order valence-electron chi connectivity index (χ0n) is 6.81. The van der Waals surface area contributed by atoms with Gasteiger partial charge in [-0.25, -0.2) is 9.59 Å². The number of rotatable bonds is 5. The molecule has 0 aliphatic carbocycles. The van der Waals surface area contributed by atoms with E-state index >= 15 is 0 Å². The molecule has 0 radical (unpaired) electrons. The van der Waals surface area contributed by atoms with Crippen LogP contribution in [0.15, 0.2) is 0 Å². The molecule has 0 aromatic rings.